The van der Waals surface area contributed by atoms with E-state index in [-0.39, 0.29) is 31.5 Å². The number of H-pyrrole nitrogens is 1. The van der Waals surface area contributed by atoms with Gasteiger partial charge in [0.15, 0.2) is 0 Å². The van der Waals surface area contributed by atoms with Crippen LogP contribution in [0.3, 0.4) is 0 Å². The third-order valence-corrected chi connectivity index (χ3v) is 4.50. The van der Waals surface area contributed by atoms with E-state index in [1.807, 2.05) is 13.0 Å². The molecule has 2 aromatic rings. The van der Waals surface area contributed by atoms with Crippen LogP contribution in [0.4, 0.5) is 0 Å². The molecule has 0 atom stereocenters. The number of aromatic amines is 1. The number of benzene rings is 1. The molecule has 26 heavy (non-hydrogen) atoms. The van der Waals surface area contributed by atoms with Crippen molar-refractivity contribution in [2.24, 2.45) is 0 Å². The summed E-state index contributed by atoms with van der Waals surface area (Å²) in [6.07, 6.45) is 2.67. The Morgan fingerprint density at radius 2 is 2.04 bits per heavy atom. The molecule has 8 heteroatoms. The van der Waals surface area contributed by atoms with E-state index < -0.39 is 23.0 Å². The number of nitrogens with zero attached hydrogens (tertiary/aromatic N) is 2. The molecule has 136 valence electrons. The lowest BCUT2D eigenvalue weighted by Gasteiger charge is -2.38. The van der Waals surface area contributed by atoms with Crippen LogP contribution in [0.5, 0.6) is 5.75 Å². The number of carbonyl (C=O) groups excluding carboxylic acids is 1. The number of aromatic nitrogens is 2. The Hall–Kier alpha value is -3.16. The Labute approximate surface area is 149 Å². The molecule has 0 bridgehead atoms. The van der Waals surface area contributed by atoms with Crippen molar-refractivity contribution in [3.05, 3.63) is 58.3 Å². The van der Waals surface area contributed by atoms with Crippen LogP contribution >= 0.6 is 0 Å². The molecule has 1 aromatic heterocycles. The van der Waals surface area contributed by atoms with Crippen LogP contribution < -0.4 is 10.3 Å². The lowest BCUT2D eigenvalue weighted by atomic mass is 9.90. The first kappa shape index (κ1) is 17.7. The number of nitrogens with one attached hydrogen (secondary N) is 1. The van der Waals surface area contributed by atoms with Crippen LogP contribution in [0.2, 0.25) is 0 Å². The van der Waals surface area contributed by atoms with Gasteiger partial charge in [-0.05, 0) is 24.6 Å². The van der Waals surface area contributed by atoms with Gasteiger partial charge in [0.1, 0.15) is 11.3 Å². The summed E-state index contributed by atoms with van der Waals surface area (Å²) in [6, 6.07) is 7.18. The SMILES string of the molecule is Cc1cccc(OC2(C(=O)O)CCN(C(=O)c3cnc[nH]c3=O)CC2)c1. The second-order valence-electron chi connectivity index (χ2n) is 6.30. The largest absolute Gasteiger partial charge is 0.478 e. The summed E-state index contributed by atoms with van der Waals surface area (Å²) < 4.78 is 5.82. The van der Waals surface area contributed by atoms with E-state index in [4.69, 9.17) is 4.74 Å². The molecule has 0 aliphatic carbocycles. The summed E-state index contributed by atoms with van der Waals surface area (Å²) in [5.74, 6) is -1.05. The molecule has 1 fully saturated rings. The smallest absolute Gasteiger partial charge is 0.348 e. The van der Waals surface area contributed by atoms with Crippen molar-refractivity contribution in [2.75, 3.05) is 13.1 Å². The number of piperidine rings is 1. The molecule has 3 rings (SSSR count). The number of hydrogen-bond acceptors (Lipinski definition) is 5. The molecule has 0 spiro atoms. The van der Waals surface area contributed by atoms with E-state index in [0.29, 0.717) is 5.75 Å². The normalized spacial score (nSPS) is 16.1. The molecule has 1 aliphatic heterocycles. The second kappa shape index (κ2) is 6.99. The van der Waals surface area contributed by atoms with Crippen molar-refractivity contribution < 1.29 is 19.4 Å². The van der Waals surface area contributed by atoms with Crippen LogP contribution in [-0.2, 0) is 4.79 Å². The highest BCUT2D eigenvalue weighted by Gasteiger charge is 2.45. The Balaban J connectivity index is 1.75. The number of hydrogen-bond donors (Lipinski definition) is 2. The number of amides is 1. The molecule has 8 nitrogen and oxygen atoms in total. The minimum atomic E-state index is -1.40. The molecule has 2 N–H and O–H groups in total. The number of ether oxygens (including phenoxy) is 1. The third kappa shape index (κ3) is 3.44. The summed E-state index contributed by atoms with van der Waals surface area (Å²) >= 11 is 0. The van der Waals surface area contributed by atoms with Crippen LogP contribution in [-0.4, -0.2) is 50.5 Å². The van der Waals surface area contributed by atoms with Gasteiger partial charge >= 0.3 is 5.97 Å². The van der Waals surface area contributed by atoms with Crippen LogP contribution in [0.1, 0.15) is 28.8 Å². The molecule has 1 aliphatic rings. The number of aryl methyl sites for hydroxylation is 1. The first-order chi connectivity index (χ1) is 12.4. The van der Waals surface area contributed by atoms with Gasteiger partial charge in [-0.25, -0.2) is 9.78 Å². The van der Waals surface area contributed by atoms with Crippen LogP contribution in [0.15, 0.2) is 41.6 Å². The standard InChI is InChI=1S/C18H19N3O5/c1-12-3-2-4-13(9-12)26-18(17(24)25)5-7-21(8-6-18)16(23)14-10-19-11-20-15(14)22/h2-4,9-11H,5-8H2,1H3,(H,24,25)(H,19,20,22). The maximum atomic E-state index is 12.5. The minimum Gasteiger partial charge on any atom is -0.478 e. The quantitative estimate of drug-likeness (QED) is 0.851. The van der Waals surface area contributed by atoms with Gasteiger partial charge in [-0.2, -0.15) is 0 Å². The Kier molecular flexibility index (Phi) is 4.75. The topological polar surface area (TPSA) is 113 Å². The lowest BCUT2D eigenvalue weighted by molar-refractivity contribution is -0.159. The van der Waals surface area contributed by atoms with E-state index in [1.54, 1.807) is 18.2 Å². The molecule has 1 amide bonds. The first-order valence-corrected chi connectivity index (χ1v) is 8.22. The van der Waals surface area contributed by atoms with Gasteiger partial charge in [-0.3, -0.25) is 9.59 Å². The predicted octanol–water partition coefficient (Wildman–Crippen LogP) is 1.22. The summed E-state index contributed by atoms with van der Waals surface area (Å²) in [5, 5.41) is 9.71. The van der Waals surface area contributed by atoms with Crippen molar-refractivity contribution in [1.29, 1.82) is 0 Å². The molecule has 2 heterocycles. The highest BCUT2D eigenvalue weighted by molar-refractivity contribution is 5.93. The summed E-state index contributed by atoms with van der Waals surface area (Å²) in [6.45, 7) is 2.24. The molecule has 1 saturated heterocycles. The van der Waals surface area contributed by atoms with Gasteiger partial charge in [0.05, 0.1) is 6.33 Å². The number of rotatable bonds is 4. The summed E-state index contributed by atoms with van der Waals surface area (Å²) in [5.41, 5.74) is -1.01. The zero-order chi connectivity index (χ0) is 18.7. The predicted molar refractivity (Wildman–Crippen MR) is 92.2 cm³/mol. The van der Waals surface area contributed by atoms with E-state index in [1.165, 1.54) is 17.4 Å². The Bertz CT molecular complexity index is 884. The van der Waals surface area contributed by atoms with E-state index in [0.717, 1.165) is 5.56 Å². The van der Waals surface area contributed by atoms with Crippen molar-refractivity contribution in [3.8, 4) is 5.75 Å². The highest BCUT2D eigenvalue weighted by Crippen LogP contribution is 2.30. The Morgan fingerprint density at radius 3 is 2.65 bits per heavy atom. The number of carboxylic acid groups (broad SMARTS) is 1. The summed E-state index contributed by atoms with van der Waals surface area (Å²) in [7, 11) is 0. The minimum absolute atomic E-state index is 0.0603. The van der Waals surface area contributed by atoms with Crippen molar-refractivity contribution in [2.45, 2.75) is 25.4 Å². The van der Waals surface area contributed by atoms with Gasteiger partial charge in [0, 0.05) is 32.1 Å². The van der Waals surface area contributed by atoms with E-state index in [9.17, 15) is 19.5 Å². The van der Waals surface area contributed by atoms with Gasteiger partial charge < -0.3 is 19.7 Å². The fourth-order valence-electron chi connectivity index (χ4n) is 3.00. The zero-order valence-corrected chi connectivity index (χ0v) is 14.3. The van der Waals surface area contributed by atoms with Crippen molar-refractivity contribution >= 4 is 11.9 Å². The maximum absolute atomic E-state index is 12.5. The molecule has 0 radical (unpaired) electrons. The van der Waals surface area contributed by atoms with Gasteiger partial charge in [0.2, 0.25) is 5.60 Å². The average Bonchev–Trinajstić information content (AvgIpc) is 2.62. The van der Waals surface area contributed by atoms with Gasteiger partial charge in [0.25, 0.3) is 11.5 Å². The maximum Gasteiger partial charge on any atom is 0.348 e. The molecule has 1 aromatic carbocycles. The number of likely N-dealkylation sites (tertiary alicyclic amines) is 1. The highest BCUT2D eigenvalue weighted by atomic mass is 16.5. The van der Waals surface area contributed by atoms with Gasteiger partial charge in [-0.15, -0.1) is 0 Å². The number of aliphatic carboxylic acids is 1. The molecular weight excluding hydrogens is 338 g/mol. The first-order valence-electron chi connectivity index (χ1n) is 8.22. The summed E-state index contributed by atoms with van der Waals surface area (Å²) in [4.78, 5) is 43.7. The Morgan fingerprint density at radius 1 is 1.31 bits per heavy atom. The monoisotopic (exact) mass is 357 g/mol. The number of carbonyl (C=O) groups is 2. The molecular formula is C18H19N3O5. The molecule has 0 unspecified atom stereocenters. The number of carboxylic acids is 1. The average molecular weight is 357 g/mol. The third-order valence-electron chi connectivity index (χ3n) is 4.50. The van der Waals surface area contributed by atoms with Crippen molar-refractivity contribution in [1.82, 2.24) is 14.9 Å². The van der Waals surface area contributed by atoms with E-state index in [2.05, 4.69) is 9.97 Å². The van der Waals surface area contributed by atoms with Crippen molar-refractivity contribution in [3.63, 3.8) is 0 Å². The zero-order valence-electron chi connectivity index (χ0n) is 14.3. The van der Waals surface area contributed by atoms with Gasteiger partial charge in [-0.1, -0.05) is 12.1 Å². The fourth-order valence-corrected chi connectivity index (χ4v) is 3.00. The van der Waals surface area contributed by atoms with Crippen LogP contribution in [0.25, 0.3) is 0 Å². The fraction of sp³-hybridized carbons (Fsp3) is 0.333. The molecule has 0 saturated carbocycles. The second-order valence-corrected chi connectivity index (χ2v) is 6.30. The lowest BCUT2D eigenvalue weighted by Crippen LogP contribution is -2.54. The van der Waals surface area contributed by atoms with E-state index >= 15 is 0 Å². The van der Waals surface area contributed by atoms with Crippen LogP contribution in [0, 0.1) is 6.92 Å².